The Kier molecular flexibility index (Phi) is 5.07. The summed E-state index contributed by atoms with van der Waals surface area (Å²) >= 11 is 0. The van der Waals surface area contributed by atoms with Crippen LogP contribution >= 0.6 is 0 Å². The summed E-state index contributed by atoms with van der Waals surface area (Å²) in [6.07, 6.45) is 0.920. The van der Waals surface area contributed by atoms with Crippen LogP contribution < -0.4 is 4.90 Å². The third kappa shape index (κ3) is 2.94. The van der Waals surface area contributed by atoms with Crippen LogP contribution in [-0.4, -0.2) is 23.4 Å². The summed E-state index contributed by atoms with van der Waals surface area (Å²) in [5, 5.41) is 0. The average molecular weight is 298 g/mol. The second-order valence-corrected chi connectivity index (χ2v) is 5.64. The van der Waals surface area contributed by atoms with Crippen molar-refractivity contribution in [2.75, 3.05) is 18.0 Å². The third-order valence-corrected chi connectivity index (χ3v) is 4.32. The SMILES string of the molecule is CCc1c(N(CC)CC)cc(C(=O)c2ccc(C)cc2)n1C. The van der Waals surface area contributed by atoms with Gasteiger partial charge in [-0.25, -0.2) is 0 Å². The van der Waals surface area contributed by atoms with Crippen molar-refractivity contribution in [2.24, 2.45) is 7.05 Å². The topological polar surface area (TPSA) is 25.2 Å². The van der Waals surface area contributed by atoms with Crippen LogP contribution in [0.1, 0.15) is 48.1 Å². The van der Waals surface area contributed by atoms with Crippen molar-refractivity contribution in [2.45, 2.75) is 34.1 Å². The van der Waals surface area contributed by atoms with E-state index in [0.717, 1.165) is 30.8 Å². The van der Waals surface area contributed by atoms with Crippen molar-refractivity contribution < 1.29 is 4.79 Å². The zero-order valence-electron chi connectivity index (χ0n) is 14.3. The highest BCUT2D eigenvalue weighted by Crippen LogP contribution is 2.27. The summed E-state index contributed by atoms with van der Waals surface area (Å²) in [5.41, 5.74) is 5.09. The summed E-state index contributed by atoms with van der Waals surface area (Å²) in [6, 6.07) is 9.85. The van der Waals surface area contributed by atoms with E-state index in [1.54, 1.807) is 0 Å². The maximum absolute atomic E-state index is 12.8. The molecular formula is C19H26N2O. The number of aryl methyl sites for hydroxylation is 1. The van der Waals surface area contributed by atoms with Crippen molar-refractivity contribution in [3.63, 3.8) is 0 Å². The first-order valence-corrected chi connectivity index (χ1v) is 8.08. The maximum Gasteiger partial charge on any atom is 0.209 e. The van der Waals surface area contributed by atoms with Gasteiger partial charge < -0.3 is 9.47 Å². The molecule has 22 heavy (non-hydrogen) atoms. The van der Waals surface area contributed by atoms with Gasteiger partial charge in [0, 0.05) is 31.4 Å². The van der Waals surface area contributed by atoms with E-state index in [9.17, 15) is 4.79 Å². The van der Waals surface area contributed by atoms with Crippen LogP contribution in [0.25, 0.3) is 0 Å². The summed E-state index contributed by atoms with van der Waals surface area (Å²) in [5.74, 6) is 0.0932. The zero-order chi connectivity index (χ0) is 16.3. The fraction of sp³-hybridized carbons (Fsp3) is 0.421. The smallest absolute Gasteiger partial charge is 0.209 e. The monoisotopic (exact) mass is 298 g/mol. The molecule has 0 saturated heterocycles. The minimum Gasteiger partial charge on any atom is -0.371 e. The fourth-order valence-electron chi connectivity index (χ4n) is 2.95. The summed E-state index contributed by atoms with van der Waals surface area (Å²) in [6.45, 7) is 10.4. The average Bonchev–Trinajstić information content (AvgIpc) is 2.85. The lowest BCUT2D eigenvalue weighted by Gasteiger charge is -2.21. The highest BCUT2D eigenvalue weighted by Gasteiger charge is 2.20. The van der Waals surface area contributed by atoms with Gasteiger partial charge in [-0.1, -0.05) is 36.8 Å². The molecule has 0 radical (unpaired) electrons. The Morgan fingerprint density at radius 2 is 1.68 bits per heavy atom. The lowest BCUT2D eigenvalue weighted by Crippen LogP contribution is -2.22. The van der Waals surface area contributed by atoms with Gasteiger partial charge in [0.1, 0.15) is 0 Å². The van der Waals surface area contributed by atoms with E-state index in [1.165, 1.54) is 16.9 Å². The quantitative estimate of drug-likeness (QED) is 0.754. The Morgan fingerprint density at radius 3 is 2.18 bits per heavy atom. The summed E-state index contributed by atoms with van der Waals surface area (Å²) < 4.78 is 2.05. The standard InChI is InChI=1S/C19H26N2O/c1-6-16-17(21(7-2)8-3)13-18(20(16)5)19(22)15-11-9-14(4)10-12-15/h9-13H,6-8H2,1-5H3. The number of hydrogen-bond donors (Lipinski definition) is 0. The van der Waals surface area contributed by atoms with Gasteiger partial charge in [0.25, 0.3) is 0 Å². The van der Waals surface area contributed by atoms with E-state index in [4.69, 9.17) is 0 Å². The van der Waals surface area contributed by atoms with Crippen LogP contribution in [0, 0.1) is 6.92 Å². The predicted octanol–water partition coefficient (Wildman–Crippen LogP) is 3.97. The van der Waals surface area contributed by atoms with Gasteiger partial charge in [-0.3, -0.25) is 4.79 Å². The number of anilines is 1. The van der Waals surface area contributed by atoms with Crippen LogP contribution in [0.5, 0.6) is 0 Å². The number of nitrogens with zero attached hydrogens (tertiary/aromatic N) is 2. The molecule has 118 valence electrons. The highest BCUT2D eigenvalue weighted by atomic mass is 16.1. The lowest BCUT2D eigenvalue weighted by molar-refractivity contribution is 0.103. The predicted molar refractivity (Wildman–Crippen MR) is 93.0 cm³/mol. The second kappa shape index (κ2) is 6.82. The Hall–Kier alpha value is -2.03. The molecule has 0 spiro atoms. The molecule has 3 nitrogen and oxygen atoms in total. The van der Waals surface area contributed by atoms with Gasteiger partial charge in [-0.05, 0) is 33.3 Å². The molecule has 0 aliphatic rings. The minimum absolute atomic E-state index is 0.0932. The third-order valence-electron chi connectivity index (χ3n) is 4.32. The summed E-state index contributed by atoms with van der Waals surface area (Å²) in [7, 11) is 1.99. The first-order valence-electron chi connectivity index (χ1n) is 8.08. The molecule has 1 aromatic heterocycles. The van der Waals surface area contributed by atoms with Gasteiger partial charge in [-0.2, -0.15) is 0 Å². The number of hydrogen-bond acceptors (Lipinski definition) is 2. The van der Waals surface area contributed by atoms with Gasteiger partial charge >= 0.3 is 0 Å². The number of aromatic nitrogens is 1. The van der Waals surface area contributed by atoms with E-state index in [0.29, 0.717) is 0 Å². The minimum atomic E-state index is 0.0932. The van der Waals surface area contributed by atoms with Crippen LogP contribution in [-0.2, 0) is 13.5 Å². The molecule has 0 bridgehead atoms. The van der Waals surface area contributed by atoms with Gasteiger partial charge in [0.2, 0.25) is 5.78 Å². The molecule has 0 saturated carbocycles. The van der Waals surface area contributed by atoms with Gasteiger partial charge in [0.15, 0.2) is 0 Å². The van der Waals surface area contributed by atoms with Crippen LogP contribution in [0.15, 0.2) is 30.3 Å². The van der Waals surface area contributed by atoms with Crippen molar-refractivity contribution in [3.05, 3.63) is 52.8 Å². The Labute approximate surface area is 133 Å². The molecule has 0 aliphatic heterocycles. The van der Waals surface area contributed by atoms with Crippen molar-refractivity contribution >= 4 is 11.5 Å². The summed E-state index contributed by atoms with van der Waals surface area (Å²) in [4.78, 5) is 15.1. The Morgan fingerprint density at radius 1 is 1.09 bits per heavy atom. The molecule has 1 heterocycles. The van der Waals surface area contributed by atoms with E-state index in [2.05, 4.69) is 30.2 Å². The van der Waals surface area contributed by atoms with Gasteiger partial charge in [0.05, 0.1) is 11.4 Å². The number of benzene rings is 1. The molecule has 1 aromatic carbocycles. The lowest BCUT2D eigenvalue weighted by atomic mass is 10.1. The number of carbonyl (C=O) groups excluding carboxylic acids is 1. The van der Waals surface area contributed by atoms with Crippen LogP contribution in [0.4, 0.5) is 5.69 Å². The van der Waals surface area contributed by atoms with Crippen LogP contribution in [0.2, 0.25) is 0 Å². The molecule has 0 atom stereocenters. The molecule has 2 aromatic rings. The van der Waals surface area contributed by atoms with Gasteiger partial charge in [-0.15, -0.1) is 0 Å². The zero-order valence-corrected chi connectivity index (χ0v) is 14.3. The molecule has 0 aliphatic carbocycles. The Balaban J connectivity index is 2.47. The number of ketones is 1. The van der Waals surface area contributed by atoms with E-state index in [-0.39, 0.29) is 5.78 Å². The largest absolute Gasteiger partial charge is 0.371 e. The number of rotatable bonds is 6. The molecule has 0 unspecified atom stereocenters. The Bertz CT molecular complexity index is 649. The van der Waals surface area contributed by atoms with Crippen molar-refractivity contribution in [1.82, 2.24) is 4.57 Å². The fourth-order valence-corrected chi connectivity index (χ4v) is 2.95. The molecule has 2 rings (SSSR count). The van der Waals surface area contributed by atoms with Crippen molar-refractivity contribution in [1.29, 1.82) is 0 Å². The van der Waals surface area contributed by atoms with Crippen molar-refractivity contribution in [3.8, 4) is 0 Å². The van der Waals surface area contributed by atoms with E-state index < -0.39 is 0 Å². The molecule has 0 amide bonds. The molecular weight excluding hydrogens is 272 g/mol. The van der Waals surface area contributed by atoms with Crippen LogP contribution in [0.3, 0.4) is 0 Å². The molecule has 3 heteroatoms. The van der Waals surface area contributed by atoms with E-state index in [1.807, 2.05) is 44.3 Å². The van der Waals surface area contributed by atoms with E-state index >= 15 is 0 Å². The first-order chi connectivity index (χ1) is 10.5. The normalized spacial score (nSPS) is 10.8. The maximum atomic E-state index is 12.8. The molecule has 0 fully saturated rings. The second-order valence-electron chi connectivity index (χ2n) is 5.64. The molecule has 0 N–H and O–H groups in total. The first kappa shape index (κ1) is 16.3. The number of carbonyl (C=O) groups is 1. The highest BCUT2D eigenvalue weighted by molar-refractivity contribution is 6.08.